The highest BCUT2D eigenvalue weighted by Crippen LogP contribution is 2.13. The Balaban J connectivity index is 1.48. The molecule has 0 aliphatic heterocycles. The molecule has 0 spiro atoms. The first-order valence-electron chi connectivity index (χ1n) is 12.7. The Morgan fingerprint density at radius 3 is 1.98 bits per heavy atom. The zero-order valence-electron chi connectivity index (χ0n) is 22.7. The SMILES string of the molecule is C[C@@H](O)[C@H](NC(=O)c1ccc(C#Cc2ccc(NC(O)CNCc3ccc(N(C)C)cc3)cc2)cc1)C(=O)NO. The number of carbonyl (C=O) groups excluding carboxylic acids is 2. The molecule has 0 heterocycles. The third-order valence-electron chi connectivity index (χ3n) is 6.00. The summed E-state index contributed by atoms with van der Waals surface area (Å²) in [7, 11) is 4.00. The van der Waals surface area contributed by atoms with Crippen molar-refractivity contribution in [3.05, 3.63) is 95.1 Å². The maximum atomic E-state index is 12.4. The van der Waals surface area contributed by atoms with Gasteiger partial charge < -0.3 is 31.1 Å². The smallest absolute Gasteiger partial charge is 0.268 e. The third-order valence-corrected chi connectivity index (χ3v) is 6.00. The fourth-order valence-corrected chi connectivity index (χ4v) is 3.71. The van der Waals surface area contributed by atoms with Gasteiger partial charge in [0.05, 0.1) is 6.10 Å². The van der Waals surface area contributed by atoms with Crippen molar-refractivity contribution in [1.82, 2.24) is 16.1 Å². The average Bonchev–Trinajstić information content (AvgIpc) is 2.95. The van der Waals surface area contributed by atoms with Crippen LogP contribution in [0.1, 0.15) is 34.0 Å². The Kier molecular flexibility index (Phi) is 11.1. The molecule has 0 aliphatic rings. The van der Waals surface area contributed by atoms with E-state index in [-0.39, 0.29) is 5.56 Å². The van der Waals surface area contributed by atoms with Gasteiger partial charge >= 0.3 is 0 Å². The normalized spacial score (nSPS) is 12.8. The number of benzene rings is 3. The first-order chi connectivity index (χ1) is 19.2. The van der Waals surface area contributed by atoms with E-state index < -0.39 is 30.2 Å². The van der Waals surface area contributed by atoms with E-state index in [1.54, 1.807) is 24.3 Å². The van der Waals surface area contributed by atoms with E-state index in [4.69, 9.17) is 5.21 Å². The molecule has 3 rings (SSSR count). The topological polar surface area (TPSA) is 146 Å². The fraction of sp³-hybridized carbons (Fsp3) is 0.267. The summed E-state index contributed by atoms with van der Waals surface area (Å²) in [5, 5.41) is 37.4. The Morgan fingerprint density at radius 1 is 0.875 bits per heavy atom. The van der Waals surface area contributed by atoms with Crippen LogP contribution >= 0.6 is 0 Å². The summed E-state index contributed by atoms with van der Waals surface area (Å²) in [5.41, 5.74) is 6.18. The van der Waals surface area contributed by atoms with Gasteiger partial charge in [0, 0.05) is 55.2 Å². The predicted octanol–water partition coefficient (Wildman–Crippen LogP) is 1.66. The van der Waals surface area contributed by atoms with Crippen LogP contribution in [0.2, 0.25) is 0 Å². The number of hydrogen-bond donors (Lipinski definition) is 7. The molecule has 0 radical (unpaired) electrons. The van der Waals surface area contributed by atoms with E-state index in [1.807, 2.05) is 43.3 Å². The number of rotatable bonds is 11. The largest absolute Gasteiger partial charge is 0.391 e. The van der Waals surface area contributed by atoms with Crippen molar-refractivity contribution in [2.45, 2.75) is 31.8 Å². The van der Waals surface area contributed by atoms with Crippen LogP contribution in [0.3, 0.4) is 0 Å². The molecule has 7 N–H and O–H groups in total. The number of aliphatic hydroxyl groups is 2. The van der Waals surface area contributed by atoms with Crippen molar-refractivity contribution < 1.29 is 25.0 Å². The summed E-state index contributed by atoms with van der Waals surface area (Å²) in [5.74, 6) is 4.59. The number of carbonyl (C=O) groups is 2. The van der Waals surface area contributed by atoms with Gasteiger partial charge in [-0.05, 0) is 73.2 Å². The van der Waals surface area contributed by atoms with Gasteiger partial charge in [-0.15, -0.1) is 0 Å². The van der Waals surface area contributed by atoms with Crippen LogP contribution in [-0.4, -0.2) is 66.2 Å². The number of nitrogens with one attached hydrogen (secondary N) is 4. The van der Waals surface area contributed by atoms with Gasteiger partial charge in [-0.2, -0.15) is 0 Å². The molecule has 3 atom stereocenters. The second-order valence-corrected chi connectivity index (χ2v) is 9.42. The second kappa shape index (κ2) is 14.7. The highest BCUT2D eigenvalue weighted by atomic mass is 16.5. The zero-order valence-corrected chi connectivity index (χ0v) is 22.7. The fourth-order valence-electron chi connectivity index (χ4n) is 3.71. The summed E-state index contributed by atoms with van der Waals surface area (Å²) < 4.78 is 0. The molecule has 1 unspecified atom stereocenters. The minimum atomic E-state index is -1.29. The summed E-state index contributed by atoms with van der Waals surface area (Å²) in [6.45, 7) is 2.35. The van der Waals surface area contributed by atoms with Crippen LogP contribution < -0.4 is 26.3 Å². The lowest BCUT2D eigenvalue weighted by atomic mass is 10.1. The molecule has 210 valence electrons. The molecule has 0 aliphatic carbocycles. The molecule has 10 nitrogen and oxygen atoms in total. The number of amides is 2. The molecule has 3 aromatic carbocycles. The van der Waals surface area contributed by atoms with Crippen LogP contribution in [0.15, 0.2) is 72.8 Å². The molecule has 40 heavy (non-hydrogen) atoms. The van der Waals surface area contributed by atoms with E-state index in [9.17, 15) is 19.8 Å². The van der Waals surface area contributed by atoms with Crippen molar-refractivity contribution in [2.75, 3.05) is 30.9 Å². The lowest BCUT2D eigenvalue weighted by Crippen LogP contribution is -2.51. The van der Waals surface area contributed by atoms with Gasteiger partial charge in [-0.3, -0.25) is 14.8 Å². The summed E-state index contributed by atoms with van der Waals surface area (Å²) in [6.07, 6.45) is -1.96. The van der Waals surface area contributed by atoms with Crippen LogP contribution in [-0.2, 0) is 11.3 Å². The van der Waals surface area contributed by atoms with Gasteiger partial charge in [0.1, 0.15) is 12.3 Å². The first-order valence-corrected chi connectivity index (χ1v) is 12.7. The first kappa shape index (κ1) is 30.1. The van der Waals surface area contributed by atoms with Crippen LogP contribution in [0.25, 0.3) is 0 Å². The zero-order chi connectivity index (χ0) is 29.1. The molecule has 0 aromatic heterocycles. The Labute approximate surface area is 234 Å². The molecule has 0 fully saturated rings. The number of aliphatic hydroxyl groups excluding tert-OH is 2. The molecule has 10 heteroatoms. The molecule has 2 amide bonds. The number of anilines is 2. The summed E-state index contributed by atoms with van der Waals surface area (Å²) >= 11 is 0. The number of nitrogens with zero attached hydrogens (tertiary/aromatic N) is 1. The molecular weight excluding hydrogens is 510 g/mol. The molecule has 0 saturated heterocycles. The van der Waals surface area contributed by atoms with Crippen LogP contribution in [0, 0.1) is 11.8 Å². The molecular formula is C30H35N5O5. The monoisotopic (exact) mass is 545 g/mol. The lowest BCUT2D eigenvalue weighted by molar-refractivity contribution is -0.133. The van der Waals surface area contributed by atoms with Gasteiger partial charge in [-0.25, -0.2) is 5.48 Å². The average molecular weight is 546 g/mol. The molecule has 0 bridgehead atoms. The summed E-state index contributed by atoms with van der Waals surface area (Å²) in [4.78, 5) is 26.0. The van der Waals surface area contributed by atoms with E-state index in [0.717, 1.165) is 22.5 Å². The second-order valence-electron chi connectivity index (χ2n) is 9.42. The van der Waals surface area contributed by atoms with Gasteiger partial charge in [0.2, 0.25) is 0 Å². The lowest BCUT2D eigenvalue weighted by Gasteiger charge is -2.19. The summed E-state index contributed by atoms with van der Waals surface area (Å²) in [6, 6.07) is 20.7. The quantitative estimate of drug-likeness (QED) is 0.0834. The predicted molar refractivity (Wildman–Crippen MR) is 154 cm³/mol. The van der Waals surface area contributed by atoms with E-state index in [1.165, 1.54) is 12.4 Å². The van der Waals surface area contributed by atoms with Crippen molar-refractivity contribution in [2.24, 2.45) is 0 Å². The van der Waals surface area contributed by atoms with E-state index in [2.05, 4.69) is 52.1 Å². The maximum Gasteiger partial charge on any atom is 0.268 e. The minimum Gasteiger partial charge on any atom is -0.391 e. The van der Waals surface area contributed by atoms with Crippen molar-refractivity contribution in [3.63, 3.8) is 0 Å². The third kappa shape index (κ3) is 9.11. The Bertz CT molecular complexity index is 1310. The standard InChI is InChI=1S/C30H35N5O5/c1-20(36)28(30(39)34-40)33-29(38)24-12-6-21(7-13-24)4-5-22-8-14-25(15-9-22)32-27(37)19-31-18-23-10-16-26(17-11-23)35(2)3/h6-17,20,27-28,31-32,36-37,40H,18-19H2,1-3H3,(H,33,38)(H,34,39)/t20-,27?,28+/m1/s1. The van der Waals surface area contributed by atoms with Gasteiger partial charge in [-0.1, -0.05) is 24.0 Å². The number of hydroxylamine groups is 1. The Morgan fingerprint density at radius 2 is 1.45 bits per heavy atom. The maximum absolute atomic E-state index is 12.4. The Hall–Kier alpha value is -4.40. The highest BCUT2D eigenvalue weighted by molar-refractivity contribution is 5.97. The van der Waals surface area contributed by atoms with Crippen molar-refractivity contribution in [3.8, 4) is 11.8 Å². The van der Waals surface area contributed by atoms with Crippen molar-refractivity contribution in [1.29, 1.82) is 0 Å². The van der Waals surface area contributed by atoms with Crippen molar-refractivity contribution >= 4 is 23.2 Å². The minimum absolute atomic E-state index is 0.271. The van der Waals surface area contributed by atoms with Crippen LogP contribution in [0.5, 0.6) is 0 Å². The van der Waals surface area contributed by atoms with Gasteiger partial charge in [0.15, 0.2) is 0 Å². The number of hydrogen-bond acceptors (Lipinski definition) is 8. The van der Waals surface area contributed by atoms with Crippen LogP contribution in [0.4, 0.5) is 11.4 Å². The molecule has 0 saturated carbocycles. The van der Waals surface area contributed by atoms with E-state index in [0.29, 0.717) is 18.7 Å². The van der Waals surface area contributed by atoms with Gasteiger partial charge in [0.25, 0.3) is 11.8 Å². The highest BCUT2D eigenvalue weighted by Gasteiger charge is 2.25. The molecule has 3 aromatic rings. The van der Waals surface area contributed by atoms with E-state index >= 15 is 0 Å².